The number of benzene rings is 1. The first-order valence-corrected chi connectivity index (χ1v) is 6.59. The zero-order chi connectivity index (χ0) is 15.6. The van der Waals surface area contributed by atoms with Crippen molar-refractivity contribution in [2.24, 2.45) is 0 Å². The summed E-state index contributed by atoms with van der Waals surface area (Å²) in [7, 11) is 0. The molecule has 0 radical (unpaired) electrons. The molecule has 0 aliphatic rings. The highest BCUT2D eigenvalue weighted by Crippen LogP contribution is 2.19. The largest absolute Gasteiger partial charge is 0.322 e. The minimum absolute atomic E-state index is 0.0292. The van der Waals surface area contributed by atoms with Gasteiger partial charge in [0.2, 0.25) is 5.91 Å². The van der Waals surface area contributed by atoms with Gasteiger partial charge in [-0.3, -0.25) is 19.6 Å². The average Bonchev–Trinajstić information content (AvgIpc) is 2.74. The molecule has 2 rings (SSSR count). The zero-order valence-corrected chi connectivity index (χ0v) is 12.4. The summed E-state index contributed by atoms with van der Waals surface area (Å²) in [5.74, 6) is -1.12. The van der Waals surface area contributed by atoms with Crippen LogP contribution in [0.5, 0.6) is 0 Å². The minimum Gasteiger partial charge on any atom is -0.322 e. The predicted molar refractivity (Wildman–Crippen MR) is 76.3 cm³/mol. The standard InChI is InChI=1S/C12H10BrFN4O3/c1-7-11(18(20)21)5-17(16-7)6-12(19)15-10-3-2-8(13)4-9(10)14/h2-5H,6H2,1H3,(H,15,19). The van der Waals surface area contributed by atoms with Gasteiger partial charge in [-0.25, -0.2) is 4.39 Å². The Morgan fingerprint density at radius 1 is 1.57 bits per heavy atom. The number of hydrogen-bond acceptors (Lipinski definition) is 4. The molecule has 0 saturated carbocycles. The van der Waals surface area contributed by atoms with Gasteiger partial charge in [0.15, 0.2) is 0 Å². The van der Waals surface area contributed by atoms with E-state index in [4.69, 9.17) is 0 Å². The lowest BCUT2D eigenvalue weighted by molar-refractivity contribution is -0.385. The van der Waals surface area contributed by atoms with Crippen molar-refractivity contribution in [1.82, 2.24) is 9.78 Å². The number of nitrogens with one attached hydrogen (secondary N) is 1. The molecule has 0 spiro atoms. The maximum Gasteiger partial charge on any atom is 0.309 e. The van der Waals surface area contributed by atoms with Crippen LogP contribution in [-0.2, 0) is 11.3 Å². The minimum atomic E-state index is -0.583. The van der Waals surface area contributed by atoms with Gasteiger partial charge in [0.05, 0.1) is 10.6 Å². The molecule has 0 aliphatic heterocycles. The molecule has 1 amide bonds. The molecule has 0 fully saturated rings. The molecular weight excluding hydrogens is 347 g/mol. The van der Waals surface area contributed by atoms with Gasteiger partial charge in [-0.2, -0.15) is 5.10 Å². The second-order valence-corrected chi connectivity index (χ2v) is 5.14. The van der Waals surface area contributed by atoms with Crippen LogP contribution in [0.25, 0.3) is 0 Å². The van der Waals surface area contributed by atoms with Crippen molar-refractivity contribution in [3.63, 3.8) is 0 Å². The number of nitrogens with zero attached hydrogens (tertiary/aromatic N) is 3. The Balaban J connectivity index is 2.08. The molecule has 0 unspecified atom stereocenters. The maximum absolute atomic E-state index is 13.6. The number of rotatable bonds is 4. The van der Waals surface area contributed by atoms with Crippen LogP contribution in [0.3, 0.4) is 0 Å². The molecule has 1 heterocycles. The Morgan fingerprint density at radius 3 is 2.86 bits per heavy atom. The topological polar surface area (TPSA) is 90.1 Å². The third kappa shape index (κ3) is 3.63. The van der Waals surface area contributed by atoms with Crippen molar-refractivity contribution >= 4 is 33.2 Å². The molecule has 0 saturated heterocycles. The van der Waals surface area contributed by atoms with Crippen LogP contribution in [0, 0.1) is 22.9 Å². The van der Waals surface area contributed by atoms with Crippen molar-refractivity contribution in [2.45, 2.75) is 13.5 Å². The molecule has 2 aromatic rings. The number of hydrogen-bond donors (Lipinski definition) is 1. The summed E-state index contributed by atoms with van der Waals surface area (Å²) in [6.45, 7) is 1.23. The number of carbonyl (C=O) groups excluding carboxylic acids is 1. The van der Waals surface area contributed by atoms with E-state index in [1.165, 1.54) is 19.1 Å². The molecule has 1 N–H and O–H groups in total. The van der Waals surface area contributed by atoms with Gasteiger partial charge in [0.1, 0.15) is 24.3 Å². The van der Waals surface area contributed by atoms with Crippen LogP contribution < -0.4 is 5.32 Å². The quantitative estimate of drug-likeness (QED) is 0.673. The van der Waals surface area contributed by atoms with E-state index in [-0.39, 0.29) is 23.6 Å². The molecule has 0 atom stereocenters. The summed E-state index contributed by atoms with van der Waals surface area (Å²) < 4.78 is 15.3. The van der Waals surface area contributed by atoms with Crippen molar-refractivity contribution in [1.29, 1.82) is 0 Å². The first-order chi connectivity index (χ1) is 9.86. The van der Waals surface area contributed by atoms with Crippen LogP contribution in [0.1, 0.15) is 5.69 Å². The number of aryl methyl sites for hydroxylation is 1. The van der Waals surface area contributed by atoms with Crippen molar-refractivity contribution in [3.05, 3.63) is 50.5 Å². The normalized spacial score (nSPS) is 10.4. The zero-order valence-electron chi connectivity index (χ0n) is 10.8. The molecule has 0 aliphatic carbocycles. The monoisotopic (exact) mass is 356 g/mol. The van der Waals surface area contributed by atoms with E-state index in [1.54, 1.807) is 6.07 Å². The van der Waals surface area contributed by atoms with Gasteiger partial charge in [0, 0.05) is 4.47 Å². The van der Waals surface area contributed by atoms with E-state index in [9.17, 15) is 19.3 Å². The van der Waals surface area contributed by atoms with Gasteiger partial charge >= 0.3 is 5.69 Å². The van der Waals surface area contributed by atoms with Gasteiger partial charge in [0.25, 0.3) is 0 Å². The van der Waals surface area contributed by atoms with Crippen molar-refractivity contribution in [2.75, 3.05) is 5.32 Å². The molecule has 1 aromatic heterocycles. The second kappa shape index (κ2) is 6.00. The summed E-state index contributed by atoms with van der Waals surface area (Å²) in [6, 6.07) is 4.22. The molecule has 0 bridgehead atoms. The SMILES string of the molecule is Cc1nn(CC(=O)Nc2ccc(Br)cc2F)cc1[N+](=O)[O-]. The first-order valence-electron chi connectivity index (χ1n) is 5.80. The molecule has 1 aromatic carbocycles. The lowest BCUT2D eigenvalue weighted by Crippen LogP contribution is -2.19. The van der Waals surface area contributed by atoms with Crippen molar-refractivity contribution in [3.8, 4) is 0 Å². The van der Waals surface area contributed by atoms with E-state index in [0.29, 0.717) is 4.47 Å². The van der Waals surface area contributed by atoms with E-state index in [0.717, 1.165) is 10.9 Å². The summed E-state index contributed by atoms with van der Waals surface area (Å²) in [4.78, 5) is 21.9. The number of aromatic nitrogens is 2. The number of nitro groups is 1. The third-order valence-corrected chi connectivity index (χ3v) is 3.12. The van der Waals surface area contributed by atoms with E-state index >= 15 is 0 Å². The van der Waals surface area contributed by atoms with Crippen LogP contribution in [0.2, 0.25) is 0 Å². The smallest absolute Gasteiger partial charge is 0.309 e. The molecule has 9 heteroatoms. The Morgan fingerprint density at radius 2 is 2.29 bits per heavy atom. The highest BCUT2D eigenvalue weighted by Gasteiger charge is 2.17. The summed E-state index contributed by atoms with van der Waals surface area (Å²) in [5.41, 5.74) is 0.0711. The van der Waals surface area contributed by atoms with E-state index in [1.807, 2.05) is 0 Å². The number of amides is 1. The van der Waals surface area contributed by atoms with Crippen LogP contribution in [-0.4, -0.2) is 20.6 Å². The third-order valence-electron chi connectivity index (χ3n) is 2.63. The van der Waals surface area contributed by atoms with Gasteiger partial charge in [-0.05, 0) is 25.1 Å². The predicted octanol–water partition coefficient (Wildman–Crippen LogP) is 2.64. The van der Waals surface area contributed by atoms with Gasteiger partial charge in [-0.1, -0.05) is 15.9 Å². The van der Waals surface area contributed by atoms with E-state index < -0.39 is 16.6 Å². The fourth-order valence-electron chi connectivity index (χ4n) is 1.70. The van der Waals surface area contributed by atoms with Gasteiger partial charge < -0.3 is 5.32 Å². The Labute approximate surface area is 127 Å². The number of carbonyl (C=O) groups is 1. The lowest BCUT2D eigenvalue weighted by Gasteiger charge is -2.06. The maximum atomic E-state index is 13.6. The Hall–Kier alpha value is -2.29. The molecular formula is C12H10BrFN4O3. The average molecular weight is 357 g/mol. The summed E-state index contributed by atoms with van der Waals surface area (Å²) in [6.07, 6.45) is 1.16. The Kier molecular flexibility index (Phi) is 4.32. The summed E-state index contributed by atoms with van der Waals surface area (Å²) in [5, 5.41) is 16.9. The van der Waals surface area contributed by atoms with E-state index in [2.05, 4.69) is 26.3 Å². The highest BCUT2D eigenvalue weighted by molar-refractivity contribution is 9.10. The van der Waals surface area contributed by atoms with Crippen LogP contribution >= 0.6 is 15.9 Å². The molecule has 110 valence electrons. The number of halogens is 2. The number of anilines is 1. The molecule has 21 heavy (non-hydrogen) atoms. The van der Waals surface area contributed by atoms with Crippen LogP contribution in [0.15, 0.2) is 28.9 Å². The van der Waals surface area contributed by atoms with Crippen molar-refractivity contribution < 1.29 is 14.1 Å². The summed E-state index contributed by atoms with van der Waals surface area (Å²) >= 11 is 3.11. The second-order valence-electron chi connectivity index (χ2n) is 4.23. The van der Waals surface area contributed by atoms with Gasteiger partial charge in [-0.15, -0.1) is 0 Å². The van der Waals surface area contributed by atoms with Crippen LogP contribution in [0.4, 0.5) is 15.8 Å². The first kappa shape index (κ1) is 15.1. The lowest BCUT2D eigenvalue weighted by atomic mass is 10.3. The fourth-order valence-corrected chi connectivity index (χ4v) is 2.03. The molecule has 7 nitrogen and oxygen atoms in total. The fraction of sp³-hybridized carbons (Fsp3) is 0.167. The highest BCUT2D eigenvalue weighted by atomic mass is 79.9. The Bertz CT molecular complexity index is 717.